The Hall–Kier alpha value is -1.88. The average Bonchev–Trinajstić information content (AvgIpc) is 2.72. The Morgan fingerprint density at radius 1 is 1.53 bits per heavy atom. The molecule has 0 fully saturated rings. The van der Waals surface area contributed by atoms with Crippen molar-refractivity contribution in [3.05, 3.63) is 46.5 Å². The van der Waals surface area contributed by atoms with Gasteiger partial charge in [0.15, 0.2) is 0 Å². The predicted octanol–water partition coefficient (Wildman–Crippen LogP) is 3.15. The van der Waals surface area contributed by atoms with Gasteiger partial charge in [0.25, 0.3) is 0 Å². The van der Waals surface area contributed by atoms with E-state index in [9.17, 15) is 9.18 Å². The van der Waals surface area contributed by atoms with Crippen molar-refractivity contribution in [1.82, 2.24) is 9.78 Å². The summed E-state index contributed by atoms with van der Waals surface area (Å²) in [6, 6.07) is 4.35. The highest BCUT2D eigenvalue weighted by molar-refractivity contribution is 6.32. The van der Waals surface area contributed by atoms with Crippen molar-refractivity contribution in [2.75, 3.05) is 6.61 Å². The molecule has 0 aliphatic rings. The number of ether oxygens (including phenoxy) is 1. The number of benzene rings is 1. The summed E-state index contributed by atoms with van der Waals surface area (Å²) in [7, 11) is 0. The van der Waals surface area contributed by atoms with Gasteiger partial charge < -0.3 is 4.74 Å². The molecule has 2 aromatic rings. The number of hydrogen-bond donors (Lipinski definition) is 0. The van der Waals surface area contributed by atoms with Crippen LogP contribution in [-0.2, 0) is 4.74 Å². The number of carbonyl (C=O) groups is 1. The molecule has 0 bridgehead atoms. The Bertz CT molecular complexity index is 605. The minimum Gasteiger partial charge on any atom is -0.462 e. The molecule has 0 saturated heterocycles. The van der Waals surface area contributed by atoms with Gasteiger partial charge in [-0.05, 0) is 26.0 Å². The maximum atomic E-state index is 13.8. The summed E-state index contributed by atoms with van der Waals surface area (Å²) < 4.78 is 20.0. The van der Waals surface area contributed by atoms with E-state index in [2.05, 4.69) is 5.10 Å². The Kier molecular flexibility index (Phi) is 3.85. The van der Waals surface area contributed by atoms with Crippen molar-refractivity contribution in [3.63, 3.8) is 0 Å². The van der Waals surface area contributed by atoms with Crippen LogP contribution in [0.15, 0.2) is 24.4 Å². The van der Waals surface area contributed by atoms with Gasteiger partial charge in [0.05, 0.1) is 23.5 Å². The topological polar surface area (TPSA) is 44.1 Å². The van der Waals surface area contributed by atoms with E-state index in [-0.39, 0.29) is 17.3 Å². The Balaban J connectivity index is 2.51. The van der Waals surface area contributed by atoms with Crippen LogP contribution in [0.5, 0.6) is 0 Å². The minimum atomic E-state index is -0.505. The third-order valence-electron chi connectivity index (χ3n) is 2.65. The quantitative estimate of drug-likeness (QED) is 0.812. The molecule has 0 atom stereocenters. The number of para-hydroxylation sites is 1. The fourth-order valence-corrected chi connectivity index (χ4v) is 1.98. The summed E-state index contributed by atoms with van der Waals surface area (Å²) in [6.45, 7) is 3.64. The smallest absolute Gasteiger partial charge is 0.341 e. The predicted molar refractivity (Wildman–Crippen MR) is 69.2 cm³/mol. The lowest BCUT2D eigenvalue weighted by Crippen LogP contribution is -2.08. The van der Waals surface area contributed by atoms with Gasteiger partial charge in [-0.3, -0.25) is 0 Å². The van der Waals surface area contributed by atoms with Gasteiger partial charge in [0.1, 0.15) is 17.1 Å². The lowest BCUT2D eigenvalue weighted by atomic mass is 10.2. The molecule has 0 unspecified atom stereocenters. The molecule has 1 aromatic heterocycles. The zero-order chi connectivity index (χ0) is 14.0. The monoisotopic (exact) mass is 282 g/mol. The number of aromatic nitrogens is 2. The first kappa shape index (κ1) is 13.5. The van der Waals surface area contributed by atoms with Gasteiger partial charge in [0, 0.05) is 0 Å². The van der Waals surface area contributed by atoms with Gasteiger partial charge >= 0.3 is 5.97 Å². The third-order valence-corrected chi connectivity index (χ3v) is 2.96. The second kappa shape index (κ2) is 5.40. The van der Waals surface area contributed by atoms with E-state index in [1.807, 2.05) is 0 Å². The van der Waals surface area contributed by atoms with E-state index in [4.69, 9.17) is 16.3 Å². The lowest BCUT2D eigenvalue weighted by molar-refractivity contribution is 0.0525. The molecular formula is C13H12ClFN2O2. The van der Waals surface area contributed by atoms with Crippen molar-refractivity contribution in [1.29, 1.82) is 0 Å². The van der Waals surface area contributed by atoms with Crippen LogP contribution in [0.2, 0.25) is 5.02 Å². The number of nitrogens with zero attached hydrogens (tertiary/aromatic N) is 2. The molecule has 0 radical (unpaired) electrons. The SMILES string of the molecule is CCOC(=O)c1cnn(-c2c(F)cccc2Cl)c1C. The molecule has 0 N–H and O–H groups in total. The van der Waals surface area contributed by atoms with Crippen LogP contribution < -0.4 is 0 Å². The molecule has 0 saturated carbocycles. The molecule has 1 heterocycles. The molecule has 2 rings (SSSR count). The third kappa shape index (κ3) is 2.46. The average molecular weight is 283 g/mol. The molecule has 0 aliphatic carbocycles. The van der Waals surface area contributed by atoms with E-state index in [0.717, 1.165) is 0 Å². The first-order chi connectivity index (χ1) is 9.06. The van der Waals surface area contributed by atoms with Gasteiger partial charge in [-0.1, -0.05) is 17.7 Å². The van der Waals surface area contributed by atoms with Crippen LogP contribution in [0.25, 0.3) is 5.69 Å². The number of hydrogen-bond acceptors (Lipinski definition) is 3. The molecule has 19 heavy (non-hydrogen) atoms. The van der Waals surface area contributed by atoms with Crippen molar-refractivity contribution in [2.45, 2.75) is 13.8 Å². The number of rotatable bonds is 3. The normalized spacial score (nSPS) is 10.5. The van der Waals surface area contributed by atoms with Crippen LogP contribution in [-0.4, -0.2) is 22.4 Å². The molecule has 1 aromatic carbocycles. The Labute approximate surface area is 114 Å². The van der Waals surface area contributed by atoms with Crippen molar-refractivity contribution < 1.29 is 13.9 Å². The van der Waals surface area contributed by atoms with Gasteiger partial charge in [-0.15, -0.1) is 0 Å². The Morgan fingerprint density at radius 2 is 2.26 bits per heavy atom. The van der Waals surface area contributed by atoms with Crippen LogP contribution in [0.3, 0.4) is 0 Å². The molecule has 0 aliphatic heterocycles. The van der Waals surface area contributed by atoms with Crippen LogP contribution in [0.4, 0.5) is 4.39 Å². The van der Waals surface area contributed by atoms with E-state index < -0.39 is 11.8 Å². The molecule has 6 heteroatoms. The minimum absolute atomic E-state index is 0.122. The lowest BCUT2D eigenvalue weighted by Gasteiger charge is -2.08. The first-order valence-corrected chi connectivity index (χ1v) is 6.10. The number of halogens is 2. The summed E-state index contributed by atoms with van der Waals surface area (Å²) in [4.78, 5) is 11.7. The second-order valence-electron chi connectivity index (χ2n) is 3.85. The highest BCUT2D eigenvalue weighted by Gasteiger charge is 2.19. The van der Waals surface area contributed by atoms with E-state index >= 15 is 0 Å². The maximum Gasteiger partial charge on any atom is 0.341 e. The fourth-order valence-electron chi connectivity index (χ4n) is 1.74. The zero-order valence-corrected chi connectivity index (χ0v) is 11.2. The maximum absolute atomic E-state index is 13.8. The van der Waals surface area contributed by atoms with Gasteiger partial charge in [0.2, 0.25) is 0 Å². The molecular weight excluding hydrogens is 271 g/mol. The molecule has 100 valence electrons. The fraction of sp³-hybridized carbons (Fsp3) is 0.231. The van der Waals surface area contributed by atoms with Crippen molar-refractivity contribution in [3.8, 4) is 5.69 Å². The van der Waals surface area contributed by atoms with Crippen LogP contribution in [0.1, 0.15) is 23.0 Å². The molecule has 4 nitrogen and oxygen atoms in total. The highest BCUT2D eigenvalue weighted by atomic mass is 35.5. The van der Waals surface area contributed by atoms with E-state index in [0.29, 0.717) is 11.3 Å². The largest absolute Gasteiger partial charge is 0.462 e. The van der Waals surface area contributed by atoms with Crippen LogP contribution in [0, 0.1) is 12.7 Å². The van der Waals surface area contributed by atoms with E-state index in [1.54, 1.807) is 19.9 Å². The number of carbonyl (C=O) groups excluding carboxylic acids is 1. The Morgan fingerprint density at radius 3 is 2.89 bits per heavy atom. The highest BCUT2D eigenvalue weighted by Crippen LogP contribution is 2.25. The summed E-state index contributed by atoms with van der Waals surface area (Å²) >= 11 is 5.97. The summed E-state index contributed by atoms with van der Waals surface area (Å²) in [5, 5.41) is 4.23. The molecule has 0 spiro atoms. The van der Waals surface area contributed by atoms with Crippen molar-refractivity contribution in [2.24, 2.45) is 0 Å². The van der Waals surface area contributed by atoms with Crippen molar-refractivity contribution >= 4 is 17.6 Å². The zero-order valence-electron chi connectivity index (χ0n) is 10.5. The second-order valence-corrected chi connectivity index (χ2v) is 4.25. The summed E-state index contributed by atoms with van der Waals surface area (Å²) in [5.74, 6) is -0.993. The number of esters is 1. The molecule has 0 amide bonds. The van der Waals surface area contributed by atoms with Gasteiger partial charge in [-0.25, -0.2) is 13.9 Å². The summed E-state index contributed by atoms with van der Waals surface area (Å²) in [6.07, 6.45) is 1.34. The van der Waals surface area contributed by atoms with E-state index in [1.165, 1.54) is 23.0 Å². The standard InChI is InChI=1S/C13H12ClFN2O2/c1-3-19-13(18)9-7-16-17(8(9)2)12-10(14)5-4-6-11(12)15/h4-7H,3H2,1-2H3. The summed E-state index contributed by atoms with van der Waals surface area (Å²) in [5.41, 5.74) is 0.892. The van der Waals surface area contributed by atoms with Gasteiger partial charge in [-0.2, -0.15) is 5.10 Å². The van der Waals surface area contributed by atoms with Crippen LogP contribution >= 0.6 is 11.6 Å². The first-order valence-electron chi connectivity index (χ1n) is 5.72.